The van der Waals surface area contributed by atoms with Crippen molar-refractivity contribution in [3.8, 4) is 0 Å². The molecule has 0 aromatic carbocycles. The zero-order chi connectivity index (χ0) is 23.7. The van der Waals surface area contributed by atoms with E-state index < -0.39 is 6.10 Å². The minimum Gasteiger partial charge on any atom is -0.383 e. The maximum Gasteiger partial charge on any atom is 0.251 e. The number of rotatable bonds is 4. The summed E-state index contributed by atoms with van der Waals surface area (Å²) in [5.41, 5.74) is 2.53. The Morgan fingerprint density at radius 2 is 1.91 bits per heavy atom. The molecule has 9 atom stereocenters. The monoisotopic (exact) mass is 456 g/mol. The lowest BCUT2D eigenvalue weighted by molar-refractivity contribution is -0.142. The molecule has 4 nitrogen and oxygen atoms in total. The molecular weight excluding hydrogens is 408 g/mol. The van der Waals surface area contributed by atoms with Crippen LogP contribution in [0.4, 0.5) is 0 Å². The van der Waals surface area contributed by atoms with Gasteiger partial charge in [0, 0.05) is 25.7 Å². The third kappa shape index (κ3) is 3.56. The first-order valence-electron chi connectivity index (χ1n) is 13.9. The molecule has 186 valence electrons. The fraction of sp³-hybridized carbons (Fsp3) is 0.897. The molecule has 1 amide bonds. The Bertz CT molecular complexity index is 807. The van der Waals surface area contributed by atoms with Gasteiger partial charge in [-0.3, -0.25) is 4.79 Å². The molecule has 9 unspecified atom stereocenters. The minimum atomic E-state index is -0.857. The Morgan fingerprint density at radius 3 is 2.64 bits per heavy atom. The smallest absolute Gasteiger partial charge is 0.251 e. The van der Waals surface area contributed by atoms with Crippen LogP contribution < -0.4 is 0 Å². The maximum absolute atomic E-state index is 12.9. The van der Waals surface area contributed by atoms with Gasteiger partial charge in [-0.1, -0.05) is 32.4 Å². The van der Waals surface area contributed by atoms with Gasteiger partial charge >= 0.3 is 0 Å². The number of fused-ring (bicyclic) bond motifs is 4. The average molecular weight is 457 g/mol. The van der Waals surface area contributed by atoms with Crippen molar-refractivity contribution in [1.29, 1.82) is 0 Å². The van der Waals surface area contributed by atoms with Gasteiger partial charge in [0.15, 0.2) is 0 Å². The molecule has 1 saturated heterocycles. The number of amides is 1. The number of aliphatic hydroxyl groups excluding tert-OH is 1. The number of nitrogens with zero attached hydrogens (tertiary/aromatic N) is 2. The van der Waals surface area contributed by atoms with E-state index in [2.05, 4.69) is 45.7 Å². The molecule has 1 aliphatic heterocycles. The molecule has 1 spiro atoms. The number of hydrogen-bond acceptors (Lipinski definition) is 3. The zero-order valence-electron chi connectivity index (χ0n) is 22.0. The second-order valence-corrected chi connectivity index (χ2v) is 13.4. The summed E-state index contributed by atoms with van der Waals surface area (Å²) < 4.78 is 0. The van der Waals surface area contributed by atoms with Crippen molar-refractivity contribution in [2.75, 3.05) is 20.6 Å². The quantitative estimate of drug-likeness (QED) is 0.598. The van der Waals surface area contributed by atoms with Crippen molar-refractivity contribution in [2.45, 2.75) is 104 Å². The van der Waals surface area contributed by atoms with E-state index in [1.54, 1.807) is 5.57 Å². The van der Waals surface area contributed by atoms with Crippen LogP contribution in [0.1, 0.15) is 85.5 Å². The van der Waals surface area contributed by atoms with Gasteiger partial charge in [0.2, 0.25) is 0 Å². The highest BCUT2D eigenvalue weighted by Gasteiger charge is 2.64. The zero-order valence-corrected chi connectivity index (χ0v) is 22.0. The summed E-state index contributed by atoms with van der Waals surface area (Å²) in [7, 11) is 4.28. The van der Waals surface area contributed by atoms with Crippen LogP contribution >= 0.6 is 0 Å². The molecule has 0 aromatic heterocycles. The molecule has 1 N–H and O–H groups in total. The number of likely N-dealkylation sites (tertiary alicyclic amines) is 1. The van der Waals surface area contributed by atoms with Gasteiger partial charge in [0.05, 0.1) is 0 Å². The van der Waals surface area contributed by atoms with Crippen LogP contribution in [0.15, 0.2) is 11.6 Å². The molecule has 4 heteroatoms. The summed E-state index contributed by atoms with van der Waals surface area (Å²) in [5, 5.41) is 10.4. The normalized spacial score (nSPS) is 45.6. The summed E-state index contributed by atoms with van der Waals surface area (Å²) in [6, 6.07) is 0.997. The van der Waals surface area contributed by atoms with Crippen molar-refractivity contribution in [2.24, 2.45) is 40.4 Å². The number of carbonyl (C=O) groups excluding carboxylic acids is 1. The molecule has 0 bridgehead atoms. The van der Waals surface area contributed by atoms with Crippen LogP contribution in [0, 0.1) is 40.4 Å². The molecule has 0 radical (unpaired) electrons. The Labute approximate surface area is 202 Å². The fourth-order valence-electron chi connectivity index (χ4n) is 9.74. The van der Waals surface area contributed by atoms with E-state index in [-0.39, 0.29) is 11.9 Å². The first-order valence-corrected chi connectivity index (χ1v) is 13.9. The Morgan fingerprint density at radius 1 is 1.18 bits per heavy atom. The summed E-state index contributed by atoms with van der Waals surface area (Å²) in [6.45, 7) is 10.5. The van der Waals surface area contributed by atoms with Crippen LogP contribution in [0.3, 0.4) is 0 Å². The van der Waals surface area contributed by atoms with Crippen molar-refractivity contribution >= 4 is 5.91 Å². The maximum atomic E-state index is 12.9. The molecule has 4 fully saturated rings. The second kappa shape index (κ2) is 8.36. The number of allylic oxidation sites excluding steroid dienone is 1. The van der Waals surface area contributed by atoms with Crippen LogP contribution in [-0.4, -0.2) is 59.6 Å². The molecule has 4 aliphatic carbocycles. The molecule has 5 aliphatic rings. The predicted octanol–water partition coefficient (Wildman–Crippen LogP) is 5.11. The van der Waals surface area contributed by atoms with E-state index in [0.717, 1.165) is 42.6 Å². The van der Waals surface area contributed by atoms with Crippen LogP contribution in [0.2, 0.25) is 0 Å². The molecule has 33 heavy (non-hydrogen) atoms. The first kappa shape index (κ1) is 23.9. The SMILES string of the molecule is CC(C)CC(O)C(=O)N(C)C1CCC2(C)C(=CCC3C2CCC24CN(C)C(C)C2CCC34)C1. The molecule has 1 heterocycles. The number of carbonyl (C=O) groups is 1. The Kier molecular flexibility index (Phi) is 6.04. The standard InChI is InChI=1S/C29H48N2O2/c1-18(2)15-26(32)27(33)31(6)21-11-13-28(4)20(16-21)7-8-22-24(28)12-14-29-17-30(5)19(3)23(29)9-10-25(22)29/h7,18-19,21-26,32H,8-17H2,1-6H3. The fourth-order valence-corrected chi connectivity index (χ4v) is 9.74. The Hall–Kier alpha value is -0.870. The van der Waals surface area contributed by atoms with Gasteiger partial charge in [-0.2, -0.15) is 0 Å². The van der Waals surface area contributed by atoms with E-state index in [4.69, 9.17) is 0 Å². The van der Waals surface area contributed by atoms with Crippen LogP contribution in [0.5, 0.6) is 0 Å². The number of hydrogen-bond donors (Lipinski definition) is 1. The van der Waals surface area contributed by atoms with Gasteiger partial charge < -0.3 is 14.9 Å². The second-order valence-electron chi connectivity index (χ2n) is 13.4. The third-order valence-corrected chi connectivity index (χ3v) is 11.6. The van der Waals surface area contributed by atoms with Crippen molar-refractivity contribution < 1.29 is 9.90 Å². The summed E-state index contributed by atoms with van der Waals surface area (Å²) in [6.07, 6.45) is 12.6. The van der Waals surface area contributed by atoms with E-state index in [9.17, 15) is 9.90 Å². The van der Waals surface area contributed by atoms with Gasteiger partial charge in [0.25, 0.3) is 5.91 Å². The number of aliphatic hydroxyl groups is 1. The van der Waals surface area contributed by atoms with Gasteiger partial charge in [-0.25, -0.2) is 0 Å². The predicted molar refractivity (Wildman–Crippen MR) is 134 cm³/mol. The summed E-state index contributed by atoms with van der Waals surface area (Å²) in [5.74, 6) is 3.76. The molecule has 0 aromatic rings. The lowest BCUT2D eigenvalue weighted by Crippen LogP contribution is -2.53. The van der Waals surface area contributed by atoms with Gasteiger partial charge in [-0.05, 0) is 112 Å². The van der Waals surface area contributed by atoms with Crippen LogP contribution in [-0.2, 0) is 4.79 Å². The van der Waals surface area contributed by atoms with Crippen molar-refractivity contribution in [3.05, 3.63) is 11.6 Å². The minimum absolute atomic E-state index is 0.0809. The lowest BCUT2D eigenvalue weighted by Gasteiger charge is -2.58. The molecule has 5 rings (SSSR count). The van der Waals surface area contributed by atoms with Gasteiger partial charge in [0.1, 0.15) is 6.10 Å². The third-order valence-electron chi connectivity index (χ3n) is 11.6. The first-order chi connectivity index (χ1) is 15.6. The summed E-state index contributed by atoms with van der Waals surface area (Å²) >= 11 is 0. The Balaban J connectivity index is 1.32. The molecule has 3 saturated carbocycles. The number of likely N-dealkylation sites (N-methyl/N-ethyl adjacent to an activating group) is 1. The van der Waals surface area contributed by atoms with Crippen molar-refractivity contribution in [3.63, 3.8) is 0 Å². The van der Waals surface area contributed by atoms with Gasteiger partial charge in [-0.15, -0.1) is 0 Å². The summed E-state index contributed by atoms with van der Waals surface area (Å²) in [4.78, 5) is 17.4. The van der Waals surface area contributed by atoms with Crippen molar-refractivity contribution in [1.82, 2.24) is 9.80 Å². The van der Waals surface area contributed by atoms with E-state index in [1.807, 2.05) is 11.9 Å². The highest BCUT2D eigenvalue weighted by molar-refractivity contribution is 5.80. The van der Waals surface area contributed by atoms with E-state index in [0.29, 0.717) is 23.2 Å². The average Bonchev–Trinajstić information content (AvgIpc) is 3.25. The highest BCUT2D eigenvalue weighted by Crippen LogP contribution is 2.68. The van der Waals surface area contributed by atoms with E-state index >= 15 is 0 Å². The highest BCUT2D eigenvalue weighted by atomic mass is 16.3. The van der Waals surface area contributed by atoms with E-state index in [1.165, 1.54) is 45.1 Å². The largest absolute Gasteiger partial charge is 0.383 e. The molecular formula is C29H48N2O2. The van der Waals surface area contributed by atoms with Crippen LogP contribution in [0.25, 0.3) is 0 Å². The lowest BCUT2D eigenvalue weighted by atomic mass is 9.47. The topological polar surface area (TPSA) is 43.8 Å².